The topological polar surface area (TPSA) is 89.0 Å². The number of carbonyl (C=O) groups excluding carboxylic acids is 2. The molecule has 0 radical (unpaired) electrons. The molecule has 1 fully saturated rings. The lowest BCUT2D eigenvalue weighted by molar-refractivity contribution is -0.274. The van der Waals surface area contributed by atoms with Gasteiger partial charge in [0.1, 0.15) is 23.1 Å². The Labute approximate surface area is 195 Å². The highest BCUT2D eigenvalue weighted by Crippen LogP contribution is 2.43. The molecule has 4 rings (SSSR count). The summed E-state index contributed by atoms with van der Waals surface area (Å²) in [4.78, 5) is 31.2. The summed E-state index contributed by atoms with van der Waals surface area (Å²) in [5.74, 6) is -4.03. The maximum absolute atomic E-state index is 14.0. The van der Waals surface area contributed by atoms with E-state index in [-0.39, 0.29) is 22.6 Å². The van der Waals surface area contributed by atoms with Crippen LogP contribution in [0.3, 0.4) is 0 Å². The number of ketones is 1. The van der Waals surface area contributed by atoms with Crippen LogP contribution in [0, 0.1) is 5.82 Å². The van der Waals surface area contributed by atoms with Crippen LogP contribution in [0.4, 0.5) is 23.2 Å². The first-order chi connectivity index (χ1) is 16.6. The van der Waals surface area contributed by atoms with E-state index < -0.39 is 41.4 Å². The highest BCUT2D eigenvalue weighted by Gasteiger charge is 2.47. The molecule has 0 bridgehead atoms. The van der Waals surface area contributed by atoms with Gasteiger partial charge in [-0.2, -0.15) is 0 Å². The predicted octanol–water partition coefficient (Wildman–Crippen LogP) is 4.75. The normalized spacial score (nSPS) is 17.5. The van der Waals surface area contributed by atoms with Crippen molar-refractivity contribution in [3.8, 4) is 11.5 Å². The van der Waals surface area contributed by atoms with Crippen molar-refractivity contribution in [1.29, 1.82) is 0 Å². The van der Waals surface area contributed by atoms with Gasteiger partial charge in [-0.1, -0.05) is 6.07 Å². The van der Waals surface area contributed by atoms with Crippen molar-refractivity contribution >= 4 is 23.1 Å². The number of nitrogens with zero attached hydrogens (tertiary/aromatic N) is 2. The number of methoxy groups -OCH3 is 1. The predicted molar refractivity (Wildman–Crippen MR) is 115 cm³/mol. The van der Waals surface area contributed by atoms with E-state index in [9.17, 15) is 32.3 Å². The Balaban J connectivity index is 1.88. The number of hydrogen-bond donors (Lipinski definition) is 1. The summed E-state index contributed by atoms with van der Waals surface area (Å²) in [5.41, 5.74) is -0.157. The van der Waals surface area contributed by atoms with Crippen LogP contribution in [0.2, 0.25) is 0 Å². The first kappa shape index (κ1) is 23.7. The van der Waals surface area contributed by atoms with Crippen molar-refractivity contribution in [2.45, 2.75) is 12.4 Å². The minimum Gasteiger partial charge on any atom is -0.507 e. The standard InChI is InChI=1S/C24H16F4N2O5/c1-34-18-9-4-14(25)11-17(18)21(31)19-20(13-3-2-10-29-12-13)30(23(33)22(19)32)15-5-7-16(8-6-15)35-24(26,27)28/h2-12,20,31H,1H3/b21-19+. The monoisotopic (exact) mass is 488 g/mol. The number of amides is 1. The fraction of sp³-hybridized carbons (Fsp3) is 0.125. The Bertz CT molecular complexity index is 1310. The summed E-state index contributed by atoms with van der Waals surface area (Å²) < 4.78 is 60.5. The second kappa shape index (κ2) is 9.09. The van der Waals surface area contributed by atoms with Crippen molar-refractivity contribution < 1.29 is 41.7 Å². The number of aliphatic hydroxyl groups is 1. The molecule has 1 aromatic heterocycles. The zero-order valence-corrected chi connectivity index (χ0v) is 17.9. The Morgan fingerprint density at radius 1 is 1.09 bits per heavy atom. The molecule has 0 spiro atoms. The van der Waals surface area contributed by atoms with Gasteiger partial charge in [-0.05, 0) is 54.1 Å². The molecule has 1 saturated heterocycles. The molecule has 0 saturated carbocycles. The van der Waals surface area contributed by atoms with Gasteiger partial charge in [-0.15, -0.1) is 13.2 Å². The summed E-state index contributed by atoms with van der Waals surface area (Å²) in [6.45, 7) is 0. The second-order valence-corrected chi connectivity index (χ2v) is 7.34. The van der Waals surface area contributed by atoms with E-state index in [1.54, 1.807) is 12.1 Å². The van der Waals surface area contributed by atoms with Crippen LogP contribution in [0.25, 0.3) is 5.76 Å². The fourth-order valence-electron chi connectivity index (χ4n) is 3.77. The lowest BCUT2D eigenvalue weighted by atomic mass is 9.95. The lowest BCUT2D eigenvalue weighted by Gasteiger charge is -2.25. The van der Waals surface area contributed by atoms with Crippen LogP contribution in [0.5, 0.6) is 11.5 Å². The number of carbonyl (C=O) groups is 2. The van der Waals surface area contributed by atoms with Gasteiger partial charge < -0.3 is 14.6 Å². The molecule has 3 aromatic rings. The molecule has 0 aliphatic carbocycles. The zero-order chi connectivity index (χ0) is 25.3. The van der Waals surface area contributed by atoms with Gasteiger partial charge in [0.25, 0.3) is 11.7 Å². The molecule has 1 unspecified atom stereocenters. The maximum Gasteiger partial charge on any atom is 0.573 e. The molecule has 1 amide bonds. The number of aromatic nitrogens is 1. The van der Waals surface area contributed by atoms with Crippen molar-refractivity contribution in [3.05, 3.63) is 89.5 Å². The van der Waals surface area contributed by atoms with Crippen LogP contribution in [0.15, 0.2) is 72.6 Å². The summed E-state index contributed by atoms with van der Waals surface area (Å²) >= 11 is 0. The Hall–Kier alpha value is -4.41. The van der Waals surface area contributed by atoms with E-state index in [0.29, 0.717) is 5.56 Å². The second-order valence-electron chi connectivity index (χ2n) is 7.34. The molecule has 11 heteroatoms. The smallest absolute Gasteiger partial charge is 0.507 e. The zero-order valence-electron chi connectivity index (χ0n) is 17.9. The van der Waals surface area contributed by atoms with Crippen molar-refractivity contribution in [2.24, 2.45) is 0 Å². The van der Waals surface area contributed by atoms with Gasteiger partial charge in [-0.3, -0.25) is 19.5 Å². The number of aliphatic hydroxyl groups excluding tert-OH is 1. The third-order valence-corrected chi connectivity index (χ3v) is 5.21. The van der Waals surface area contributed by atoms with Gasteiger partial charge in [0, 0.05) is 18.1 Å². The Kier molecular flexibility index (Phi) is 6.16. The summed E-state index contributed by atoms with van der Waals surface area (Å²) in [5, 5.41) is 11.1. The number of Topliss-reactive ketones (excluding diaryl/α,β-unsaturated/α-hetero) is 1. The number of alkyl halides is 3. The van der Waals surface area contributed by atoms with Crippen molar-refractivity contribution in [1.82, 2.24) is 4.98 Å². The van der Waals surface area contributed by atoms with E-state index in [0.717, 1.165) is 29.2 Å². The highest BCUT2D eigenvalue weighted by atomic mass is 19.4. The van der Waals surface area contributed by atoms with E-state index in [1.807, 2.05) is 0 Å². The Morgan fingerprint density at radius 3 is 2.40 bits per heavy atom. The third-order valence-electron chi connectivity index (χ3n) is 5.21. The number of ether oxygens (including phenoxy) is 2. The summed E-state index contributed by atoms with van der Waals surface area (Å²) in [7, 11) is 1.28. The molecule has 2 aromatic carbocycles. The molecule has 35 heavy (non-hydrogen) atoms. The number of halogens is 4. The van der Waals surface area contributed by atoms with Gasteiger partial charge in [0.2, 0.25) is 0 Å². The van der Waals surface area contributed by atoms with Crippen LogP contribution >= 0.6 is 0 Å². The summed E-state index contributed by atoms with van der Waals surface area (Å²) in [6, 6.07) is 9.46. The maximum atomic E-state index is 14.0. The molecular weight excluding hydrogens is 472 g/mol. The van der Waals surface area contributed by atoms with E-state index in [1.165, 1.54) is 37.7 Å². The van der Waals surface area contributed by atoms with E-state index in [2.05, 4.69) is 9.72 Å². The van der Waals surface area contributed by atoms with Crippen LogP contribution in [-0.4, -0.2) is 35.3 Å². The number of anilines is 1. The average molecular weight is 488 g/mol. The average Bonchev–Trinajstić information content (AvgIpc) is 3.09. The fourth-order valence-corrected chi connectivity index (χ4v) is 3.77. The van der Waals surface area contributed by atoms with Gasteiger partial charge in [-0.25, -0.2) is 4.39 Å². The number of benzene rings is 2. The largest absolute Gasteiger partial charge is 0.573 e. The number of pyridine rings is 1. The molecule has 180 valence electrons. The van der Waals surface area contributed by atoms with Crippen LogP contribution in [0.1, 0.15) is 17.2 Å². The van der Waals surface area contributed by atoms with Crippen LogP contribution < -0.4 is 14.4 Å². The van der Waals surface area contributed by atoms with E-state index >= 15 is 0 Å². The molecule has 1 aliphatic heterocycles. The SMILES string of the molecule is COc1ccc(F)cc1/C(O)=C1\C(=O)C(=O)N(c2ccc(OC(F)(F)F)cc2)C1c1cccnc1. The van der Waals surface area contributed by atoms with Gasteiger partial charge >= 0.3 is 6.36 Å². The molecular formula is C24H16F4N2O5. The summed E-state index contributed by atoms with van der Waals surface area (Å²) in [6.07, 6.45) is -2.10. The Morgan fingerprint density at radius 2 is 1.80 bits per heavy atom. The third kappa shape index (κ3) is 4.65. The lowest BCUT2D eigenvalue weighted by Crippen LogP contribution is -2.29. The van der Waals surface area contributed by atoms with E-state index in [4.69, 9.17) is 4.74 Å². The number of hydrogen-bond acceptors (Lipinski definition) is 6. The molecule has 1 N–H and O–H groups in total. The number of rotatable bonds is 5. The molecule has 2 heterocycles. The van der Waals surface area contributed by atoms with Crippen molar-refractivity contribution in [2.75, 3.05) is 12.0 Å². The van der Waals surface area contributed by atoms with Crippen molar-refractivity contribution in [3.63, 3.8) is 0 Å². The minimum atomic E-state index is -4.91. The van der Waals surface area contributed by atoms with Crippen LogP contribution in [-0.2, 0) is 9.59 Å². The quantitative estimate of drug-likeness (QED) is 0.241. The van der Waals surface area contributed by atoms with Gasteiger partial charge in [0.05, 0.1) is 24.3 Å². The molecule has 1 atom stereocenters. The first-order valence-electron chi connectivity index (χ1n) is 10.0. The molecule has 7 nitrogen and oxygen atoms in total. The van der Waals surface area contributed by atoms with Gasteiger partial charge in [0.15, 0.2) is 0 Å². The molecule has 1 aliphatic rings. The highest BCUT2D eigenvalue weighted by molar-refractivity contribution is 6.51. The minimum absolute atomic E-state index is 0.0497. The first-order valence-corrected chi connectivity index (χ1v) is 10.0.